The van der Waals surface area contributed by atoms with Crippen molar-refractivity contribution in [2.24, 2.45) is 7.05 Å². The summed E-state index contributed by atoms with van der Waals surface area (Å²) in [6, 6.07) is 15.1. The standard InChI is InChI=1S/C17H17N5O2S/c1-12-4-3-5-15(10-12)24-14-8-6-13(7-9-14)18-16(23)11-25-17-19-20-21-22(17)2/h3-10H,11H2,1-2H3,(H,18,23). The number of aryl methyl sites for hydroxylation is 2. The molecule has 1 aromatic heterocycles. The molecular weight excluding hydrogens is 338 g/mol. The van der Waals surface area contributed by atoms with E-state index in [-0.39, 0.29) is 11.7 Å². The average Bonchev–Trinajstić information content (AvgIpc) is 3.00. The number of thioether (sulfide) groups is 1. The molecule has 0 bridgehead atoms. The van der Waals surface area contributed by atoms with Crippen molar-refractivity contribution in [3.05, 3.63) is 54.1 Å². The van der Waals surface area contributed by atoms with Crippen LogP contribution in [0.2, 0.25) is 0 Å². The van der Waals surface area contributed by atoms with E-state index in [0.717, 1.165) is 11.3 Å². The molecule has 0 aliphatic carbocycles. The molecule has 3 rings (SSSR count). The van der Waals surface area contributed by atoms with Crippen LogP contribution < -0.4 is 10.1 Å². The van der Waals surface area contributed by atoms with Gasteiger partial charge < -0.3 is 10.1 Å². The maximum absolute atomic E-state index is 12.0. The van der Waals surface area contributed by atoms with Crippen LogP contribution in [0.4, 0.5) is 5.69 Å². The SMILES string of the molecule is Cc1cccc(Oc2ccc(NC(=O)CSc3nnnn3C)cc2)c1. The number of carbonyl (C=O) groups is 1. The highest BCUT2D eigenvalue weighted by Gasteiger charge is 2.08. The summed E-state index contributed by atoms with van der Waals surface area (Å²) in [6.07, 6.45) is 0. The number of ether oxygens (including phenoxy) is 1. The van der Waals surface area contributed by atoms with Gasteiger partial charge in [-0.3, -0.25) is 4.79 Å². The first-order valence-corrected chi connectivity index (χ1v) is 8.58. The molecule has 0 aliphatic rings. The highest BCUT2D eigenvalue weighted by Crippen LogP contribution is 2.24. The molecule has 128 valence electrons. The van der Waals surface area contributed by atoms with Crippen molar-refractivity contribution < 1.29 is 9.53 Å². The van der Waals surface area contributed by atoms with Gasteiger partial charge in [-0.1, -0.05) is 23.9 Å². The van der Waals surface area contributed by atoms with Crippen LogP contribution in [-0.2, 0) is 11.8 Å². The Bertz CT molecular complexity index is 863. The molecule has 25 heavy (non-hydrogen) atoms. The number of nitrogens with one attached hydrogen (secondary N) is 1. The highest BCUT2D eigenvalue weighted by atomic mass is 32.2. The number of hydrogen-bond acceptors (Lipinski definition) is 6. The molecule has 8 heteroatoms. The van der Waals surface area contributed by atoms with Gasteiger partial charge in [0, 0.05) is 12.7 Å². The Kier molecular flexibility index (Phi) is 5.30. The third-order valence-corrected chi connectivity index (χ3v) is 4.29. The Balaban J connectivity index is 1.53. The number of anilines is 1. The largest absolute Gasteiger partial charge is 0.457 e. The molecular formula is C17H17N5O2S. The molecule has 0 unspecified atom stereocenters. The molecule has 1 N–H and O–H groups in total. The van der Waals surface area contributed by atoms with E-state index in [2.05, 4.69) is 20.8 Å². The Morgan fingerprint density at radius 1 is 1.20 bits per heavy atom. The van der Waals surface area contributed by atoms with E-state index in [1.54, 1.807) is 19.2 Å². The monoisotopic (exact) mass is 355 g/mol. The van der Waals surface area contributed by atoms with E-state index in [0.29, 0.717) is 16.6 Å². The maximum atomic E-state index is 12.0. The van der Waals surface area contributed by atoms with Gasteiger partial charge in [0.2, 0.25) is 11.1 Å². The first-order chi connectivity index (χ1) is 12.1. The minimum atomic E-state index is -0.125. The number of carbonyl (C=O) groups excluding carboxylic acids is 1. The van der Waals surface area contributed by atoms with E-state index in [1.165, 1.54) is 16.4 Å². The number of rotatable bonds is 6. The van der Waals surface area contributed by atoms with E-state index in [9.17, 15) is 4.79 Å². The Hall–Kier alpha value is -2.87. The number of nitrogens with zero attached hydrogens (tertiary/aromatic N) is 4. The zero-order valence-electron chi connectivity index (χ0n) is 13.8. The first kappa shape index (κ1) is 17.0. The van der Waals surface area contributed by atoms with Gasteiger partial charge in [0.25, 0.3) is 0 Å². The van der Waals surface area contributed by atoms with Crippen molar-refractivity contribution in [1.82, 2.24) is 20.2 Å². The third kappa shape index (κ3) is 4.80. The van der Waals surface area contributed by atoms with Gasteiger partial charge in [-0.2, -0.15) is 0 Å². The lowest BCUT2D eigenvalue weighted by atomic mass is 10.2. The second-order valence-electron chi connectivity index (χ2n) is 5.36. The molecule has 0 atom stereocenters. The van der Waals surface area contributed by atoms with Crippen LogP contribution in [0.5, 0.6) is 11.5 Å². The smallest absolute Gasteiger partial charge is 0.234 e. The number of hydrogen-bond donors (Lipinski definition) is 1. The summed E-state index contributed by atoms with van der Waals surface area (Å²) in [7, 11) is 1.73. The third-order valence-electron chi connectivity index (χ3n) is 3.28. The fourth-order valence-electron chi connectivity index (χ4n) is 2.09. The second kappa shape index (κ2) is 7.80. The van der Waals surface area contributed by atoms with E-state index in [4.69, 9.17) is 4.74 Å². The molecule has 0 fully saturated rings. The Morgan fingerprint density at radius 2 is 2.00 bits per heavy atom. The van der Waals surface area contributed by atoms with E-state index >= 15 is 0 Å². The van der Waals surface area contributed by atoms with Crippen molar-refractivity contribution in [2.75, 3.05) is 11.1 Å². The highest BCUT2D eigenvalue weighted by molar-refractivity contribution is 7.99. The van der Waals surface area contributed by atoms with Gasteiger partial charge in [0.05, 0.1) is 5.75 Å². The number of aromatic nitrogens is 4. The van der Waals surface area contributed by atoms with Gasteiger partial charge in [0.15, 0.2) is 0 Å². The van der Waals surface area contributed by atoms with Crippen LogP contribution in [0, 0.1) is 6.92 Å². The van der Waals surface area contributed by atoms with Gasteiger partial charge in [0.1, 0.15) is 11.5 Å². The molecule has 3 aromatic rings. The number of benzene rings is 2. The van der Waals surface area contributed by atoms with E-state index in [1.807, 2.05) is 43.3 Å². The van der Waals surface area contributed by atoms with Crippen molar-refractivity contribution in [3.8, 4) is 11.5 Å². The van der Waals surface area contributed by atoms with Crippen LogP contribution >= 0.6 is 11.8 Å². The summed E-state index contributed by atoms with van der Waals surface area (Å²) in [5.74, 6) is 1.60. The van der Waals surface area contributed by atoms with Crippen molar-refractivity contribution in [2.45, 2.75) is 12.1 Å². The predicted molar refractivity (Wildman–Crippen MR) is 95.8 cm³/mol. The quantitative estimate of drug-likeness (QED) is 0.685. The van der Waals surface area contributed by atoms with Gasteiger partial charge in [-0.05, 0) is 59.3 Å². The normalized spacial score (nSPS) is 10.5. The fraction of sp³-hybridized carbons (Fsp3) is 0.176. The van der Waals surface area contributed by atoms with Crippen molar-refractivity contribution in [3.63, 3.8) is 0 Å². The molecule has 0 aliphatic heterocycles. The molecule has 7 nitrogen and oxygen atoms in total. The molecule has 0 spiro atoms. The summed E-state index contributed by atoms with van der Waals surface area (Å²) in [5.41, 5.74) is 1.84. The molecule has 2 aromatic carbocycles. The Morgan fingerprint density at radius 3 is 2.68 bits per heavy atom. The fourth-order valence-corrected chi connectivity index (χ4v) is 2.74. The zero-order chi connectivity index (χ0) is 17.6. The van der Waals surface area contributed by atoms with Crippen LogP contribution in [0.25, 0.3) is 0 Å². The summed E-state index contributed by atoms with van der Waals surface area (Å²) < 4.78 is 7.31. The van der Waals surface area contributed by atoms with Crippen LogP contribution in [0.1, 0.15) is 5.56 Å². The maximum Gasteiger partial charge on any atom is 0.234 e. The minimum absolute atomic E-state index is 0.125. The zero-order valence-corrected chi connectivity index (χ0v) is 14.7. The van der Waals surface area contributed by atoms with Crippen LogP contribution in [0.3, 0.4) is 0 Å². The first-order valence-electron chi connectivity index (χ1n) is 7.60. The molecule has 0 saturated heterocycles. The average molecular weight is 355 g/mol. The lowest BCUT2D eigenvalue weighted by Gasteiger charge is -2.08. The molecule has 0 radical (unpaired) electrons. The molecule has 0 saturated carbocycles. The molecule has 1 heterocycles. The molecule has 1 amide bonds. The van der Waals surface area contributed by atoms with Crippen LogP contribution in [-0.4, -0.2) is 31.9 Å². The summed E-state index contributed by atoms with van der Waals surface area (Å²) in [4.78, 5) is 12.0. The number of amides is 1. The minimum Gasteiger partial charge on any atom is -0.457 e. The van der Waals surface area contributed by atoms with Gasteiger partial charge in [-0.15, -0.1) is 5.10 Å². The van der Waals surface area contributed by atoms with Gasteiger partial charge >= 0.3 is 0 Å². The lowest BCUT2D eigenvalue weighted by molar-refractivity contribution is -0.113. The summed E-state index contributed by atoms with van der Waals surface area (Å²) >= 11 is 1.28. The topological polar surface area (TPSA) is 81.9 Å². The second-order valence-corrected chi connectivity index (χ2v) is 6.31. The van der Waals surface area contributed by atoms with Crippen molar-refractivity contribution >= 4 is 23.4 Å². The van der Waals surface area contributed by atoms with Crippen LogP contribution in [0.15, 0.2) is 53.7 Å². The summed E-state index contributed by atoms with van der Waals surface area (Å²) in [6.45, 7) is 2.01. The lowest BCUT2D eigenvalue weighted by Crippen LogP contribution is -2.14. The number of tetrazole rings is 1. The Labute approximate surface area is 149 Å². The van der Waals surface area contributed by atoms with Crippen molar-refractivity contribution in [1.29, 1.82) is 0 Å². The van der Waals surface area contributed by atoms with E-state index < -0.39 is 0 Å². The summed E-state index contributed by atoms with van der Waals surface area (Å²) in [5, 5.41) is 14.5. The van der Waals surface area contributed by atoms with Gasteiger partial charge in [-0.25, -0.2) is 4.68 Å². The predicted octanol–water partition coefficient (Wildman–Crippen LogP) is 3.04.